The summed E-state index contributed by atoms with van der Waals surface area (Å²) in [7, 11) is 0. The first kappa shape index (κ1) is 23.6. The Morgan fingerprint density at radius 3 is 1.15 bits per heavy atom. The van der Waals surface area contributed by atoms with Gasteiger partial charge in [0.15, 0.2) is 0 Å². The van der Waals surface area contributed by atoms with E-state index in [0.717, 1.165) is 20.8 Å². The maximum atomic E-state index is 9.00. The van der Waals surface area contributed by atoms with Gasteiger partial charge in [-0.1, -0.05) is 0 Å². The first-order valence-electron chi connectivity index (χ1n) is 5.35. The molecule has 3 radical (unpaired) electrons. The second kappa shape index (κ2) is 15.6. The standard InChI is InChI=1S/C7H7.3C2H4O2.Pb/c1-7-5-3-2-4-6-7;3*1-2(3)4;/h3-6H,1H3;3*1H3,(H,3,4);. The molecule has 0 aromatic heterocycles. The Morgan fingerprint density at radius 2 is 1.00 bits per heavy atom. The van der Waals surface area contributed by atoms with Gasteiger partial charge in [-0.25, -0.2) is 0 Å². The Balaban J connectivity index is -0.000000209. The molecule has 0 heterocycles. The minimum atomic E-state index is -0.833. The molecule has 0 atom stereocenters. The topological polar surface area (TPSA) is 112 Å². The van der Waals surface area contributed by atoms with Gasteiger partial charge >= 0.3 is 65.6 Å². The van der Waals surface area contributed by atoms with Crippen molar-refractivity contribution in [2.24, 2.45) is 0 Å². The Hall–Kier alpha value is -1.45. The van der Waals surface area contributed by atoms with Crippen molar-refractivity contribution < 1.29 is 29.7 Å². The first-order valence-corrected chi connectivity index (χ1v) is 7.30. The van der Waals surface area contributed by atoms with Gasteiger partial charge in [-0.2, -0.15) is 0 Å². The Labute approximate surface area is 134 Å². The zero-order chi connectivity index (χ0) is 16.7. The molecule has 1 aromatic rings. The van der Waals surface area contributed by atoms with E-state index in [-0.39, 0.29) is 0 Å². The molecule has 3 N–H and O–H groups in total. The molecule has 6 nitrogen and oxygen atoms in total. The van der Waals surface area contributed by atoms with E-state index in [2.05, 4.69) is 31.2 Å². The number of aliphatic carboxylic acids is 3. The molecule has 0 amide bonds. The number of carboxylic acids is 3. The molecule has 0 aliphatic carbocycles. The fourth-order valence-corrected chi connectivity index (χ4v) is 1.20. The van der Waals surface area contributed by atoms with E-state index in [0.29, 0.717) is 0 Å². The molecule has 1 aromatic carbocycles. The first-order chi connectivity index (χ1) is 8.98. The Kier molecular flexibility index (Phi) is 18.4. The summed E-state index contributed by atoms with van der Waals surface area (Å²) in [5.41, 5.74) is 1.35. The van der Waals surface area contributed by atoms with E-state index in [1.807, 2.05) is 0 Å². The van der Waals surface area contributed by atoms with Crippen molar-refractivity contribution in [1.82, 2.24) is 0 Å². The summed E-state index contributed by atoms with van der Waals surface area (Å²) >= 11 is 1.17. The summed E-state index contributed by atoms with van der Waals surface area (Å²) in [5.74, 6) is -2.50. The van der Waals surface area contributed by atoms with Crippen LogP contribution in [0.15, 0.2) is 24.3 Å². The second-order valence-electron chi connectivity index (χ2n) is 3.42. The van der Waals surface area contributed by atoms with Crippen molar-refractivity contribution >= 4 is 46.8 Å². The molecule has 0 aliphatic rings. The van der Waals surface area contributed by atoms with Crippen LogP contribution in [-0.4, -0.2) is 59.0 Å². The molecule has 1 rings (SSSR count). The molecular weight excluding hydrogens is 459 g/mol. The molecule has 0 unspecified atom stereocenters. The van der Waals surface area contributed by atoms with Crippen molar-refractivity contribution in [2.75, 3.05) is 0 Å². The van der Waals surface area contributed by atoms with Crippen LogP contribution in [0.4, 0.5) is 0 Å². The Bertz CT molecular complexity index is 338. The van der Waals surface area contributed by atoms with E-state index in [4.69, 9.17) is 29.7 Å². The van der Waals surface area contributed by atoms with Gasteiger partial charge < -0.3 is 15.3 Å². The van der Waals surface area contributed by atoms with Crippen molar-refractivity contribution in [3.63, 3.8) is 0 Å². The number of carbonyl (C=O) groups is 3. The van der Waals surface area contributed by atoms with E-state index in [1.165, 1.54) is 34.5 Å². The number of rotatable bonds is 0. The van der Waals surface area contributed by atoms with Crippen molar-refractivity contribution in [3.8, 4) is 0 Å². The summed E-state index contributed by atoms with van der Waals surface area (Å²) < 4.78 is 1.47. The molecule has 0 aliphatic heterocycles. The fourth-order valence-electron chi connectivity index (χ4n) is 0.554. The van der Waals surface area contributed by atoms with Crippen molar-refractivity contribution in [2.45, 2.75) is 27.7 Å². The average molecular weight is 478 g/mol. The van der Waals surface area contributed by atoms with Crippen LogP contribution in [0.2, 0.25) is 0 Å². The normalized spacial score (nSPS) is 7.45. The van der Waals surface area contributed by atoms with E-state index in [9.17, 15) is 0 Å². The number of hydrogen-bond acceptors (Lipinski definition) is 3. The Morgan fingerprint density at radius 1 is 0.800 bits per heavy atom. The summed E-state index contributed by atoms with van der Waals surface area (Å²) in [4.78, 5) is 27.0. The van der Waals surface area contributed by atoms with Crippen LogP contribution in [0.5, 0.6) is 0 Å². The molecule has 0 spiro atoms. The van der Waals surface area contributed by atoms with Gasteiger partial charge in [0, 0.05) is 20.8 Å². The van der Waals surface area contributed by atoms with Crippen LogP contribution < -0.4 is 3.12 Å². The number of aryl methyl sites for hydroxylation is 1. The predicted molar refractivity (Wildman–Crippen MR) is 76.5 cm³/mol. The van der Waals surface area contributed by atoms with Gasteiger partial charge in [-0.3, -0.25) is 14.4 Å². The van der Waals surface area contributed by atoms with Gasteiger partial charge in [-0.05, 0) is 0 Å². The van der Waals surface area contributed by atoms with Crippen LogP contribution in [0.25, 0.3) is 0 Å². The van der Waals surface area contributed by atoms with Gasteiger partial charge in [0.05, 0.1) is 0 Å². The van der Waals surface area contributed by atoms with Gasteiger partial charge in [0.2, 0.25) is 0 Å². The predicted octanol–water partition coefficient (Wildman–Crippen LogP) is 1.06. The zero-order valence-corrected chi connectivity index (χ0v) is 15.8. The van der Waals surface area contributed by atoms with E-state index >= 15 is 0 Å². The van der Waals surface area contributed by atoms with Crippen LogP contribution in [0.1, 0.15) is 26.3 Å². The summed E-state index contributed by atoms with van der Waals surface area (Å²) in [5, 5.41) is 22.2. The van der Waals surface area contributed by atoms with Gasteiger partial charge in [0.25, 0.3) is 17.9 Å². The third-order valence-electron chi connectivity index (χ3n) is 1.05. The number of benzene rings is 1. The number of carboxylic acid groups (broad SMARTS) is 3. The van der Waals surface area contributed by atoms with Gasteiger partial charge in [0.1, 0.15) is 0 Å². The molecule has 0 saturated heterocycles. The quantitative estimate of drug-likeness (QED) is 0.481. The monoisotopic (exact) mass is 479 g/mol. The molecule has 0 saturated carbocycles. The molecular formula is C13H19O6Pb. The third kappa shape index (κ3) is 54.7. The van der Waals surface area contributed by atoms with E-state index < -0.39 is 17.9 Å². The SMILES string of the molecule is CC(=O)O.CC(=O)O.CC(=O)O.Cc1cc[c]([Pb])cc1. The second-order valence-corrected chi connectivity index (χ2v) is 5.67. The maximum absolute atomic E-state index is 9.00. The number of hydrogen-bond donors (Lipinski definition) is 3. The van der Waals surface area contributed by atoms with Gasteiger partial charge in [-0.15, -0.1) is 0 Å². The van der Waals surface area contributed by atoms with Crippen LogP contribution in [0, 0.1) is 6.92 Å². The molecule has 7 heteroatoms. The van der Waals surface area contributed by atoms with E-state index in [1.54, 1.807) is 0 Å². The summed E-state index contributed by atoms with van der Waals surface area (Å²) in [6, 6.07) is 8.67. The molecule has 0 bridgehead atoms. The minimum absolute atomic E-state index is 0.833. The summed E-state index contributed by atoms with van der Waals surface area (Å²) in [6.07, 6.45) is 0. The molecule has 20 heavy (non-hydrogen) atoms. The molecule has 0 fully saturated rings. The average Bonchev–Trinajstić information content (AvgIpc) is 2.20. The van der Waals surface area contributed by atoms with Crippen LogP contribution in [0.3, 0.4) is 0 Å². The van der Waals surface area contributed by atoms with Crippen LogP contribution in [-0.2, 0) is 14.4 Å². The third-order valence-corrected chi connectivity index (χ3v) is 2.35. The van der Waals surface area contributed by atoms with Crippen molar-refractivity contribution in [3.05, 3.63) is 29.8 Å². The summed E-state index contributed by atoms with van der Waals surface area (Å²) in [6.45, 7) is 5.36. The van der Waals surface area contributed by atoms with Crippen LogP contribution >= 0.6 is 0 Å². The van der Waals surface area contributed by atoms with Crippen molar-refractivity contribution in [1.29, 1.82) is 0 Å². The zero-order valence-electron chi connectivity index (χ0n) is 11.9. The molecule has 111 valence electrons. The fraction of sp³-hybridized carbons (Fsp3) is 0.308.